The smallest absolute Gasteiger partial charge is 0.261 e. The Morgan fingerprint density at radius 2 is 1.59 bits per heavy atom. The molecule has 3 aromatic rings. The molecule has 0 aromatic heterocycles. The Hall–Kier alpha value is -3.23. The summed E-state index contributed by atoms with van der Waals surface area (Å²) in [5.41, 5.74) is 3.26. The predicted molar refractivity (Wildman–Crippen MR) is 131 cm³/mol. The molecule has 8 heteroatoms. The number of sulfonamides is 1. The summed E-state index contributed by atoms with van der Waals surface area (Å²) >= 11 is 0. The largest absolute Gasteiger partial charge is 0.348 e. The van der Waals surface area contributed by atoms with E-state index in [4.69, 9.17) is 0 Å². The normalized spacial score (nSPS) is 14.2. The molecular formula is C26H28FN3O3S. The van der Waals surface area contributed by atoms with Crippen LogP contribution >= 0.6 is 0 Å². The maximum absolute atomic E-state index is 13.4. The van der Waals surface area contributed by atoms with Gasteiger partial charge in [-0.3, -0.25) is 14.4 Å². The van der Waals surface area contributed by atoms with E-state index in [2.05, 4.69) is 27.1 Å². The molecule has 0 radical (unpaired) electrons. The number of hydrogen-bond acceptors (Lipinski definition) is 4. The second kappa shape index (κ2) is 10.4. The summed E-state index contributed by atoms with van der Waals surface area (Å²) in [5, 5.41) is 2.89. The van der Waals surface area contributed by atoms with Gasteiger partial charge in [0.05, 0.1) is 4.90 Å². The number of nitrogens with zero attached hydrogens (tertiary/aromatic N) is 1. The van der Waals surface area contributed by atoms with E-state index in [1.165, 1.54) is 49.6 Å². The third-order valence-corrected chi connectivity index (χ3v) is 7.30. The topological polar surface area (TPSA) is 78.5 Å². The maximum Gasteiger partial charge on any atom is 0.261 e. The average molecular weight is 482 g/mol. The number of aryl methyl sites for hydroxylation is 1. The van der Waals surface area contributed by atoms with Crippen LogP contribution in [0.5, 0.6) is 0 Å². The average Bonchev–Trinajstić information content (AvgIpc) is 3.33. The first-order valence-corrected chi connectivity index (χ1v) is 12.8. The monoisotopic (exact) mass is 481 g/mol. The summed E-state index contributed by atoms with van der Waals surface area (Å²) in [6, 6.07) is 18.0. The second-order valence-electron chi connectivity index (χ2n) is 8.58. The Labute approximate surface area is 199 Å². The lowest BCUT2D eigenvalue weighted by Crippen LogP contribution is -2.23. The molecule has 0 atom stereocenters. The van der Waals surface area contributed by atoms with Crippen molar-refractivity contribution in [3.05, 3.63) is 94.8 Å². The van der Waals surface area contributed by atoms with E-state index >= 15 is 0 Å². The quantitative estimate of drug-likeness (QED) is 0.498. The standard InChI is InChI=1S/C26H28FN3O3S/c1-19-16-24(12-13-25(19)27)34(32,33)29-23-10-8-22(9-11-23)26(31)28-17-20-4-6-21(7-5-20)18-30-14-2-3-15-30/h4-13,16,29H,2-3,14-15,17-18H2,1H3,(H,28,31). The molecule has 0 bridgehead atoms. The Bertz CT molecular complexity index is 1250. The lowest BCUT2D eigenvalue weighted by atomic mass is 10.1. The number of rotatable bonds is 8. The van der Waals surface area contributed by atoms with Crippen LogP contribution in [0.1, 0.15) is 39.9 Å². The Balaban J connectivity index is 1.31. The minimum Gasteiger partial charge on any atom is -0.348 e. The molecule has 2 N–H and O–H groups in total. The third kappa shape index (κ3) is 6.01. The van der Waals surface area contributed by atoms with Crippen LogP contribution in [0.2, 0.25) is 0 Å². The summed E-state index contributed by atoms with van der Waals surface area (Å²) in [6.45, 7) is 5.18. The lowest BCUT2D eigenvalue weighted by Gasteiger charge is -2.14. The Morgan fingerprint density at radius 3 is 2.24 bits per heavy atom. The molecule has 6 nitrogen and oxygen atoms in total. The van der Waals surface area contributed by atoms with Gasteiger partial charge in [0.2, 0.25) is 0 Å². The summed E-state index contributed by atoms with van der Waals surface area (Å²) in [7, 11) is -3.86. The summed E-state index contributed by atoms with van der Waals surface area (Å²) < 4.78 is 41.0. The molecule has 1 fully saturated rings. The van der Waals surface area contributed by atoms with Gasteiger partial charge in [-0.25, -0.2) is 12.8 Å². The number of halogens is 1. The van der Waals surface area contributed by atoms with Crippen LogP contribution < -0.4 is 10.0 Å². The zero-order valence-electron chi connectivity index (χ0n) is 19.1. The van der Waals surface area contributed by atoms with Crippen LogP contribution in [0.15, 0.2) is 71.6 Å². The molecule has 1 saturated heterocycles. The molecular weight excluding hydrogens is 453 g/mol. The zero-order chi connectivity index (χ0) is 24.1. The van der Waals surface area contributed by atoms with Crippen molar-refractivity contribution in [2.24, 2.45) is 0 Å². The van der Waals surface area contributed by atoms with Gasteiger partial charge in [-0.1, -0.05) is 24.3 Å². The molecule has 34 heavy (non-hydrogen) atoms. The highest BCUT2D eigenvalue weighted by molar-refractivity contribution is 7.92. The van der Waals surface area contributed by atoms with Gasteiger partial charge in [0.25, 0.3) is 15.9 Å². The van der Waals surface area contributed by atoms with Crippen molar-refractivity contribution < 1.29 is 17.6 Å². The molecule has 1 amide bonds. The number of carbonyl (C=O) groups is 1. The Morgan fingerprint density at radius 1 is 0.941 bits per heavy atom. The van der Waals surface area contributed by atoms with E-state index in [9.17, 15) is 17.6 Å². The number of hydrogen-bond donors (Lipinski definition) is 2. The molecule has 0 unspecified atom stereocenters. The van der Waals surface area contributed by atoms with E-state index in [-0.39, 0.29) is 16.4 Å². The molecule has 4 rings (SSSR count). The number of carbonyl (C=O) groups excluding carboxylic acids is 1. The van der Waals surface area contributed by atoms with Gasteiger partial charge in [-0.15, -0.1) is 0 Å². The first kappa shape index (κ1) is 23.9. The van der Waals surface area contributed by atoms with Crippen molar-refractivity contribution >= 4 is 21.6 Å². The summed E-state index contributed by atoms with van der Waals surface area (Å²) in [5.74, 6) is -0.711. The molecule has 0 saturated carbocycles. The highest BCUT2D eigenvalue weighted by atomic mass is 32.2. The van der Waals surface area contributed by atoms with Crippen molar-refractivity contribution in [2.45, 2.75) is 37.8 Å². The number of benzene rings is 3. The van der Waals surface area contributed by atoms with Crippen molar-refractivity contribution in [3.8, 4) is 0 Å². The minimum atomic E-state index is -3.86. The van der Waals surface area contributed by atoms with Crippen molar-refractivity contribution in [1.82, 2.24) is 10.2 Å². The molecule has 3 aromatic carbocycles. The van der Waals surface area contributed by atoms with Crippen LogP contribution in [0.25, 0.3) is 0 Å². The predicted octanol–water partition coefficient (Wildman–Crippen LogP) is 4.46. The minimum absolute atomic E-state index is 0.0281. The van der Waals surface area contributed by atoms with Crippen molar-refractivity contribution in [2.75, 3.05) is 17.8 Å². The number of anilines is 1. The number of likely N-dealkylation sites (tertiary alicyclic amines) is 1. The molecule has 1 heterocycles. The molecule has 0 spiro atoms. The highest BCUT2D eigenvalue weighted by Crippen LogP contribution is 2.19. The van der Waals surface area contributed by atoms with Gasteiger partial charge in [0, 0.05) is 24.3 Å². The second-order valence-corrected chi connectivity index (χ2v) is 10.3. The zero-order valence-corrected chi connectivity index (χ0v) is 19.9. The van der Waals surface area contributed by atoms with E-state index in [0.29, 0.717) is 17.8 Å². The highest BCUT2D eigenvalue weighted by Gasteiger charge is 2.16. The van der Waals surface area contributed by atoms with E-state index in [0.717, 1.165) is 31.3 Å². The van der Waals surface area contributed by atoms with Gasteiger partial charge in [-0.2, -0.15) is 0 Å². The van der Waals surface area contributed by atoms with Gasteiger partial charge < -0.3 is 5.32 Å². The molecule has 1 aliphatic rings. The van der Waals surface area contributed by atoms with Gasteiger partial charge >= 0.3 is 0 Å². The van der Waals surface area contributed by atoms with Crippen molar-refractivity contribution in [1.29, 1.82) is 0 Å². The van der Waals surface area contributed by atoms with Crippen LogP contribution in [0.3, 0.4) is 0 Å². The Kier molecular flexibility index (Phi) is 7.29. The van der Waals surface area contributed by atoms with Crippen LogP contribution in [-0.2, 0) is 23.1 Å². The molecule has 0 aliphatic carbocycles. The fourth-order valence-electron chi connectivity index (χ4n) is 3.93. The lowest BCUT2D eigenvalue weighted by molar-refractivity contribution is 0.0951. The van der Waals surface area contributed by atoms with Gasteiger partial charge in [0.15, 0.2) is 0 Å². The molecule has 1 aliphatic heterocycles. The van der Waals surface area contributed by atoms with E-state index in [1.54, 1.807) is 12.1 Å². The fourth-order valence-corrected chi connectivity index (χ4v) is 5.08. The van der Waals surface area contributed by atoms with E-state index in [1.807, 2.05) is 12.1 Å². The van der Waals surface area contributed by atoms with Crippen LogP contribution in [0.4, 0.5) is 10.1 Å². The van der Waals surface area contributed by atoms with Crippen molar-refractivity contribution in [3.63, 3.8) is 0 Å². The van der Waals surface area contributed by atoms with Gasteiger partial charge in [-0.05, 0) is 92.0 Å². The SMILES string of the molecule is Cc1cc(S(=O)(=O)Nc2ccc(C(=O)NCc3ccc(CN4CCCC4)cc3)cc2)ccc1F. The first-order chi connectivity index (χ1) is 16.3. The first-order valence-electron chi connectivity index (χ1n) is 11.3. The number of nitrogens with one attached hydrogen (secondary N) is 2. The van der Waals surface area contributed by atoms with Gasteiger partial charge in [0.1, 0.15) is 5.82 Å². The van der Waals surface area contributed by atoms with E-state index < -0.39 is 15.8 Å². The number of amides is 1. The van der Waals surface area contributed by atoms with Crippen LogP contribution in [0, 0.1) is 12.7 Å². The summed E-state index contributed by atoms with van der Waals surface area (Å²) in [4.78, 5) is 14.9. The summed E-state index contributed by atoms with van der Waals surface area (Å²) in [6.07, 6.45) is 2.54. The molecule has 178 valence electrons. The fraction of sp³-hybridized carbons (Fsp3) is 0.269. The van der Waals surface area contributed by atoms with Crippen LogP contribution in [-0.4, -0.2) is 32.3 Å². The maximum atomic E-state index is 13.4. The third-order valence-electron chi connectivity index (χ3n) is 5.92.